The SMILES string of the molecule is CC(OCC=C1CCCC1)C1CC(=O)C(F)CC12CO2. The summed E-state index contributed by atoms with van der Waals surface area (Å²) in [4.78, 5) is 11.6. The zero-order valence-electron chi connectivity index (χ0n) is 12.1. The van der Waals surface area contributed by atoms with Crippen molar-refractivity contribution in [3.63, 3.8) is 0 Å². The summed E-state index contributed by atoms with van der Waals surface area (Å²) in [5.41, 5.74) is 1.06. The normalized spacial score (nSPS) is 38.3. The zero-order chi connectivity index (χ0) is 14.2. The first-order valence-electron chi connectivity index (χ1n) is 7.71. The second kappa shape index (κ2) is 5.57. The topological polar surface area (TPSA) is 38.8 Å². The van der Waals surface area contributed by atoms with E-state index in [-0.39, 0.29) is 30.6 Å². The number of alkyl halides is 1. The molecule has 3 nitrogen and oxygen atoms in total. The van der Waals surface area contributed by atoms with E-state index in [1.165, 1.54) is 31.3 Å². The number of ketones is 1. The van der Waals surface area contributed by atoms with E-state index in [2.05, 4.69) is 6.08 Å². The number of carbonyl (C=O) groups is 1. The monoisotopic (exact) mass is 282 g/mol. The maximum absolute atomic E-state index is 13.5. The van der Waals surface area contributed by atoms with Gasteiger partial charge in [-0.25, -0.2) is 4.39 Å². The second-order valence-corrected chi connectivity index (χ2v) is 6.41. The smallest absolute Gasteiger partial charge is 0.167 e. The Hall–Kier alpha value is -0.740. The predicted octanol–water partition coefficient (Wildman–Crippen LogP) is 2.98. The van der Waals surface area contributed by atoms with E-state index in [4.69, 9.17) is 9.47 Å². The molecule has 1 spiro atoms. The van der Waals surface area contributed by atoms with Crippen molar-refractivity contribution >= 4 is 5.78 Å². The fourth-order valence-corrected chi connectivity index (χ4v) is 3.58. The number of hydrogen-bond donors (Lipinski definition) is 0. The highest BCUT2D eigenvalue weighted by Gasteiger charge is 2.59. The van der Waals surface area contributed by atoms with Crippen molar-refractivity contribution in [1.29, 1.82) is 0 Å². The van der Waals surface area contributed by atoms with Crippen molar-refractivity contribution < 1.29 is 18.7 Å². The molecule has 0 aromatic heterocycles. The van der Waals surface area contributed by atoms with Crippen molar-refractivity contribution in [3.05, 3.63) is 11.6 Å². The number of ether oxygens (including phenoxy) is 2. The van der Waals surface area contributed by atoms with Crippen LogP contribution in [-0.2, 0) is 14.3 Å². The molecule has 3 rings (SSSR count). The Morgan fingerprint density at radius 2 is 2.20 bits per heavy atom. The number of carbonyl (C=O) groups excluding carboxylic acids is 1. The first kappa shape index (κ1) is 14.2. The van der Waals surface area contributed by atoms with Crippen LogP contribution < -0.4 is 0 Å². The van der Waals surface area contributed by atoms with E-state index in [0.717, 1.165) is 0 Å². The molecule has 1 aliphatic heterocycles. The van der Waals surface area contributed by atoms with E-state index in [9.17, 15) is 9.18 Å². The molecule has 0 aromatic carbocycles. The molecule has 2 aliphatic carbocycles. The minimum absolute atomic E-state index is 0.00368. The molecule has 3 aliphatic rings. The average molecular weight is 282 g/mol. The molecular formula is C16H23FO3. The fraction of sp³-hybridized carbons (Fsp3) is 0.812. The summed E-state index contributed by atoms with van der Waals surface area (Å²) >= 11 is 0. The van der Waals surface area contributed by atoms with E-state index < -0.39 is 11.8 Å². The highest BCUT2D eigenvalue weighted by molar-refractivity contribution is 5.84. The van der Waals surface area contributed by atoms with Crippen LogP contribution >= 0.6 is 0 Å². The van der Waals surface area contributed by atoms with Crippen LogP contribution in [0.5, 0.6) is 0 Å². The van der Waals surface area contributed by atoms with Crippen LogP contribution in [0.4, 0.5) is 4.39 Å². The zero-order valence-corrected chi connectivity index (χ0v) is 12.1. The molecule has 0 radical (unpaired) electrons. The van der Waals surface area contributed by atoms with Gasteiger partial charge in [0.1, 0.15) is 5.60 Å². The van der Waals surface area contributed by atoms with E-state index >= 15 is 0 Å². The molecule has 1 heterocycles. The standard InChI is InChI=1S/C16H23FO3/c1-11(19-7-6-12-4-2-3-5-12)13-8-15(18)14(17)9-16(13)10-20-16/h6,11,13-14H,2-5,7-10H2,1H3. The van der Waals surface area contributed by atoms with Gasteiger partial charge in [0.2, 0.25) is 0 Å². The Bertz CT molecular complexity index is 406. The van der Waals surface area contributed by atoms with Crippen molar-refractivity contribution in [1.82, 2.24) is 0 Å². The minimum atomic E-state index is -1.35. The number of allylic oxidation sites excluding steroid dienone is 1. The first-order chi connectivity index (χ1) is 9.61. The molecule has 112 valence electrons. The van der Waals surface area contributed by atoms with E-state index in [0.29, 0.717) is 13.2 Å². The van der Waals surface area contributed by atoms with Crippen molar-refractivity contribution in [3.8, 4) is 0 Å². The largest absolute Gasteiger partial charge is 0.374 e. The third-order valence-electron chi connectivity index (χ3n) is 5.03. The van der Waals surface area contributed by atoms with Crippen LogP contribution in [0.15, 0.2) is 11.6 Å². The molecule has 2 saturated carbocycles. The van der Waals surface area contributed by atoms with Gasteiger partial charge >= 0.3 is 0 Å². The van der Waals surface area contributed by atoms with Gasteiger partial charge in [-0.1, -0.05) is 11.6 Å². The van der Waals surface area contributed by atoms with Crippen LogP contribution in [0.2, 0.25) is 0 Å². The number of epoxide rings is 1. The Balaban J connectivity index is 1.54. The lowest BCUT2D eigenvalue weighted by molar-refractivity contribution is -0.132. The average Bonchev–Trinajstić information content (AvgIpc) is 2.98. The molecule has 0 amide bonds. The van der Waals surface area contributed by atoms with Gasteiger partial charge in [0, 0.05) is 18.8 Å². The molecule has 0 aromatic rings. The van der Waals surface area contributed by atoms with Crippen LogP contribution in [-0.4, -0.2) is 36.9 Å². The van der Waals surface area contributed by atoms with Crippen molar-refractivity contribution in [2.45, 2.75) is 63.3 Å². The van der Waals surface area contributed by atoms with Crippen LogP contribution in [0.25, 0.3) is 0 Å². The summed E-state index contributed by atoms with van der Waals surface area (Å²) in [6, 6.07) is 0. The van der Waals surface area contributed by atoms with Crippen LogP contribution in [0, 0.1) is 5.92 Å². The second-order valence-electron chi connectivity index (χ2n) is 6.41. The van der Waals surface area contributed by atoms with Gasteiger partial charge in [0.25, 0.3) is 0 Å². The molecule has 0 bridgehead atoms. The summed E-state index contributed by atoms with van der Waals surface area (Å²) in [6.07, 6.45) is 6.18. The van der Waals surface area contributed by atoms with E-state index in [1.54, 1.807) is 0 Å². The van der Waals surface area contributed by atoms with Gasteiger partial charge in [-0.3, -0.25) is 4.79 Å². The molecule has 1 saturated heterocycles. The number of halogens is 1. The quantitative estimate of drug-likeness (QED) is 0.588. The lowest BCUT2D eigenvalue weighted by Crippen LogP contribution is -2.45. The Kier molecular flexibility index (Phi) is 3.95. The summed E-state index contributed by atoms with van der Waals surface area (Å²) in [5, 5.41) is 0. The molecular weight excluding hydrogens is 259 g/mol. The fourth-order valence-electron chi connectivity index (χ4n) is 3.58. The Labute approximate surface area is 119 Å². The first-order valence-corrected chi connectivity index (χ1v) is 7.71. The van der Waals surface area contributed by atoms with Crippen molar-refractivity contribution in [2.24, 2.45) is 5.92 Å². The highest BCUT2D eigenvalue weighted by atomic mass is 19.1. The van der Waals surface area contributed by atoms with Crippen LogP contribution in [0.1, 0.15) is 45.4 Å². The Morgan fingerprint density at radius 3 is 2.85 bits per heavy atom. The molecule has 3 fully saturated rings. The van der Waals surface area contributed by atoms with E-state index in [1.807, 2.05) is 6.92 Å². The molecule has 20 heavy (non-hydrogen) atoms. The van der Waals surface area contributed by atoms with Gasteiger partial charge in [-0.15, -0.1) is 0 Å². The number of hydrogen-bond acceptors (Lipinski definition) is 3. The summed E-state index contributed by atoms with van der Waals surface area (Å²) < 4.78 is 24.9. The molecule has 4 unspecified atom stereocenters. The maximum atomic E-state index is 13.5. The van der Waals surface area contributed by atoms with Gasteiger partial charge in [-0.05, 0) is 32.6 Å². The van der Waals surface area contributed by atoms with Gasteiger partial charge < -0.3 is 9.47 Å². The van der Waals surface area contributed by atoms with Gasteiger partial charge in [0.15, 0.2) is 12.0 Å². The lowest BCUT2D eigenvalue weighted by atomic mass is 9.75. The van der Waals surface area contributed by atoms with Crippen molar-refractivity contribution in [2.75, 3.05) is 13.2 Å². The molecule has 0 N–H and O–H groups in total. The molecule has 4 atom stereocenters. The predicted molar refractivity (Wildman–Crippen MR) is 73.3 cm³/mol. The number of rotatable bonds is 4. The summed E-state index contributed by atoms with van der Waals surface area (Å²) in [6.45, 7) is 3.14. The lowest BCUT2D eigenvalue weighted by Gasteiger charge is -2.33. The summed E-state index contributed by atoms with van der Waals surface area (Å²) in [5.74, 6) is -0.287. The van der Waals surface area contributed by atoms with Crippen LogP contribution in [0.3, 0.4) is 0 Å². The summed E-state index contributed by atoms with van der Waals surface area (Å²) in [7, 11) is 0. The Morgan fingerprint density at radius 1 is 1.50 bits per heavy atom. The maximum Gasteiger partial charge on any atom is 0.167 e. The number of Topliss-reactive ketones (excluding diaryl/α,β-unsaturated/α-hetero) is 1. The minimum Gasteiger partial charge on any atom is -0.374 e. The third kappa shape index (κ3) is 2.82. The molecule has 4 heteroatoms. The van der Waals surface area contributed by atoms with Gasteiger partial charge in [0.05, 0.1) is 19.3 Å². The third-order valence-corrected chi connectivity index (χ3v) is 5.03. The van der Waals surface area contributed by atoms with Gasteiger partial charge in [-0.2, -0.15) is 0 Å². The highest BCUT2D eigenvalue weighted by Crippen LogP contribution is 2.47.